The zero-order valence-electron chi connectivity index (χ0n) is 13.5. The molecule has 0 unspecified atom stereocenters. The topological polar surface area (TPSA) is 12.5 Å². The van der Waals surface area contributed by atoms with Crippen molar-refractivity contribution in [2.24, 2.45) is 0 Å². The van der Waals surface area contributed by atoms with Gasteiger partial charge in [0.05, 0.1) is 18.1 Å². The second-order valence-electron chi connectivity index (χ2n) is 6.77. The maximum Gasteiger partial charge on any atom is 0.200 e. The predicted molar refractivity (Wildman–Crippen MR) is 90.4 cm³/mol. The molecule has 0 radical (unpaired) electrons. The molecule has 0 aliphatic carbocycles. The summed E-state index contributed by atoms with van der Waals surface area (Å²) in [5.74, 6) is 0. The van der Waals surface area contributed by atoms with Crippen LogP contribution >= 0.6 is 12.2 Å². The minimum absolute atomic E-state index is 0.514. The lowest BCUT2D eigenvalue weighted by molar-refractivity contribution is 0.208. The van der Waals surface area contributed by atoms with Gasteiger partial charge in [-0.15, -0.1) is 0 Å². The first-order valence-corrected chi connectivity index (χ1v) is 10.3. The average molecular weight is 302 g/mol. The first-order valence-electron chi connectivity index (χ1n) is 7.71. The van der Waals surface area contributed by atoms with Gasteiger partial charge in [-0.1, -0.05) is 53.8 Å². The molecule has 1 fully saturated rings. The molecule has 19 heavy (non-hydrogen) atoms. The van der Waals surface area contributed by atoms with Gasteiger partial charge >= 0.3 is 0 Å². The summed E-state index contributed by atoms with van der Waals surface area (Å²) >= 11 is 5.11. The van der Waals surface area contributed by atoms with Crippen molar-refractivity contribution in [1.29, 1.82) is 0 Å². The highest BCUT2D eigenvalue weighted by molar-refractivity contribution is 7.78. The Labute approximate surface area is 126 Å². The highest BCUT2D eigenvalue weighted by atomic mass is 32.1. The molecule has 0 spiro atoms. The number of likely N-dealkylation sites (tertiary alicyclic amines) is 1. The van der Waals surface area contributed by atoms with Crippen LogP contribution in [0.25, 0.3) is 0 Å². The maximum atomic E-state index is 6.66. The maximum absolute atomic E-state index is 6.66. The molecule has 0 aromatic heterocycles. The van der Waals surface area contributed by atoms with E-state index in [2.05, 4.69) is 46.4 Å². The summed E-state index contributed by atoms with van der Waals surface area (Å²) in [6.45, 7) is 16.0. The van der Waals surface area contributed by atoms with E-state index < -0.39 is 8.32 Å². The smallest absolute Gasteiger partial charge is 0.200 e. The molecule has 1 atom stereocenters. The van der Waals surface area contributed by atoms with Gasteiger partial charge < -0.3 is 9.33 Å². The number of hydrogen-bond acceptors (Lipinski definition) is 2. The Balaban J connectivity index is 2.76. The highest BCUT2D eigenvalue weighted by Crippen LogP contribution is 2.42. The van der Waals surface area contributed by atoms with Crippen LogP contribution in [-0.2, 0) is 4.43 Å². The molecule has 1 saturated heterocycles. The van der Waals surface area contributed by atoms with Gasteiger partial charge in [0.1, 0.15) is 0 Å². The van der Waals surface area contributed by atoms with Crippen LogP contribution < -0.4 is 0 Å². The van der Waals surface area contributed by atoms with Crippen LogP contribution in [0.5, 0.6) is 0 Å². The zero-order chi connectivity index (χ0) is 14.6. The van der Waals surface area contributed by atoms with Crippen molar-refractivity contribution in [2.45, 2.75) is 77.0 Å². The standard InChI is InChI=1S/C15H31NOSSi/c1-12(2)19(13(3)4,14(5)6)17-10-15-8-7-9-16(15)11-18/h11-15H,7-10H2,1-6H3/t15-/m0/s1. The Kier molecular flexibility index (Phi) is 6.47. The third-order valence-electron chi connectivity index (χ3n) is 4.79. The quantitative estimate of drug-likeness (QED) is 0.504. The largest absolute Gasteiger partial charge is 0.414 e. The SMILES string of the molecule is CC(C)[Si](OC[C@@H]1CCCN1C=S)(C(C)C)C(C)C. The molecule has 0 aromatic carbocycles. The van der Waals surface area contributed by atoms with Crippen LogP contribution in [0, 0.1) is 0 Å². The van der Waals surface area contributed by atoms with Crippen molar-refractivity contribution in [1.82, 2.24) is 4.90 Å². The summed E-state index contributed by atoms with van der Waals surface area (Å²) in [5, 5.41) is 0. The summed E-state index contributed by atoms with van der Waals surface area (Å²) in [4.78, 5) is 2.29. The van der Waals surface area contributed by atoms with E-state index in [-0.39, 0.29) is 0 Å². The van der Waals surface area contributed by atoms with Gasteiger partial charge in [0.25, 0.3) is 0 Å². The van der Waals surface area contributed by atoms with Crippen molar-refractivity contribution in [2.75, 3.05) is 13.2 Å². The van der Waals surface area contributed by atoms with E-state index >= 15 is 0 Å². The lowest BCUT2D eigenvalue weighted by Gasteiger charge is -2.43. The first-order chi connectivity index (χ1) is 8.86. The molecule has 0 saturated carbocycles. The van der Waals surface area contributed by atoms with Crippen LogP contribution in [0.1, 0.15) is 54.4 Å². The van der Waals surface area contributed by atoms with E-state index in [1.165, 1.54) is 12.8 Å². The zero-order valence-corrected chi connectivity index (χ0v) is 15.3. The molecule has 2 nitrogen and oxygen atoms in total. The second-order valence-corrected chi connectivity index (χ2v) is 12.4. The molecule has 1 heterocycles. The van der Waals surface area contributed by atoms with E-state index in [1.54, 1.807) is 0 Å². The van der Waals surface area contributed by atoms with Crippen molar-refractivity contribution in [3.63, 3.8) is 0 Å². The van der Waals surface area contributed by atoms with Crippen LogP contribution in [0.15, 0.2) is 0 Å². The molecule has 1 rings (SSSR count). The summed E-state index contributed by atoms with van der Waals surface area (Å²) < 4.78 is 6.66. The minimum Gasteiger partial charge on any atom is -0.414 e. The Morgan fingerprint density at radius 3 is 2.11 bits per heavy atom. The Morgan fingerprint density at radius 1 is 1.16 bits per heavy atom. The Morgan fingerprint density at radius 2 is 1.68 bits per heavy atom. The Hall–Kier alpha value is 0.0669. The first kappa shape index (κ1) is 17.1. The van der Waals surface area contributed by atoms with Gasteiger partial charge in [-0.3, -0.25) is 0 Å². The van der Waals surface area contributed by atoms with Gasteiger partial charge in [0.2, 0.25) is 0 Å². The van der Waals surface area contributed by atoms with Gasteiger partial charge in [-0.2, -0.15) is 0 Å². The van der Waals surface area contributed by atoms with Crippen molar-refractivity contribution >= 4 is 26.0 Å². The van der Waals surface area contributed by atoms with E-state index in [4.69, 9.17) is 16.6 Å². The van der Waals surface area contributed by atoms with E-state index in [1.807, 2.05) is 5.49 Å². The summed E-state index contributed by atoms with van der Waals surface area (Å²) in [5.41, 5.74) is 3.81. The molecule has 112 valence electrons. The molecular formula is C15H31NOSSi. The normalized spacial score (nSPS) is 20.9. The van der Waals surface area contributed by atoms with Crippen LogP contribution in [0.3, 0.4) is 0 Å². The van der Waals surface area contributed by atoms with Crippen molar-refractivity contribution in [3.05, 3.63) is 0 Å². The molecule has 0 N–H and O–H groups in total. The summed E-state index contributed by atoms with van der Waals surface area (Å²) in [7, 11) is -1.71. The van der Waals surface area contributed by atoms with Crippen molar-refractivity contribution in [3.8, 4) is 0 Å². The van der Waals surface area contributed by atoms with Crippen LogP contribution in [0.2, 0.25) is 16.6 Å². The Bertz CT molecular complexity index is 272. The fourth-order valence-electron chi connectivity index (χ4n) is 3.92. The third-order valence-corrected chi connectivity index (χ3v) is 11.1. The summed E-state index contributed by atoms with van der Waals surface area (Å²) in [6.07, 6.45) is 2.48. The lowest BCUT2D eigenvalue weighted by atomic mass is 10.2. The highest BCUT2D eigenvalue weighted by Gasteiger charge is 2.45. The number of thiocarbonyl (C=S) groups is 1. The fourth-order valence-corrected chi connectivity index (χ4v) is 9.67. The molecule has 1 aliphatic heterocycles. The van der Waals surface area contributed by atoms with Gasteiger partial charge in [0, 0.05) is 6.54 Å². The van der Waals surface area contributed by atoms with Crippen LogP contribution in [-0.4, -0.2) is 37.9 Å². The van der Waals surface area contributed by atoms with E-state index in [0.717, 1.165) is 13.2 Å². The number of rotatable bonds is 7. The number of hydrogen-bond donors (Lipinski definition) is 0. The second kappa shape index (κ2) is 7.18. The molecule has 0 amide bonds. The summed E-state index contributed by atoms with van der Waals surface area (Å²) in [6, 6.07) is 0.514. The van der Waals surface area contributed by atoms with Crippen LogP contribution in [0.4, 0.5) is 0 Å². The fraction of sp³-hybridized carbons (Fsp3) is 0.933. The average Bonchev–Trinajstić information content (AvgIpc) is 2.75. The number of nitrogens with zero attached hydrogens (tertiary/aromatic N) is 1. The van der Waals surface area contributed by atoms with Gasteiger partial charge in [-0.25, -0.2) is 0 Å². The lowest BCUT2D eigenvalue weighted by Crippen LogP contribution is -2.50. The molecular weight excluding hydrogens is 270 g/mol. The van der Waals surface area contributed by atoms with Gasteiger partial charge in [-0.05, 0) is 29.5 Å². The molecule has 0 aromatic rings. The molecule has 4 heteroatoms. The molecule has 1 aliphatic rings. The minimum atomic E-state index is -1.71. The van der Waals surface area contributed by atoms with E-state index in [9.17, 15) is 0 Å². The van der Waals surface area contributed by atoms with Gasteiger partial charge in [0.15, 0.2) is 8.32 Å². The molecule has 0 bridgehead atoms. The monoisotopic (exact) mass is 301 g/mol. The predicted octanol–water partition coefficient (Wildman–Crippen LogP) is 4.60. The van der Waals surface area contributed by atoms with E-state index in [0.29, 0.717) is 22.7 Å². The van der Waals surface area contributed by atoms with Crippen molar-refractivity contribution < 1.29 is 4.43 Å². The third kappa shape index (κ3) is 3.59.